The maximum absolute atomic E-state index is 11.3. The lowest BCUT2D eigenvalue weighted by Crippen LogP contribution is -2.14. The summed E-state index contributed by atoms with van der Waals surface area (Å²) in [6, 6.07) is 1.64. The first-order valence-electron chi connectivity index (χ1n) is 5.47. The molecule has 0 radical (unpaired) electrons. The summed E-state index contributed by atoms with van der Waals surface area (Å²) in [5, 5.41) is 2.52. The number of nitrogens with zero attached hydrogens (tertiary/aromatic N) is 4. The molecule has 1 amide bonds. The van der Waals surface area contributed by atoms with Crippen LogP contribution in [0.5, 0.6) is 0 Å². The molecule has 2 heterocycles. The van der Waals surface area contributed by atoms with E-state index in [0.29, 0.717) is 18.2 Å². The Kier molecular flexibility index (Phi) is 3.52. The Hall–Kier alpha value is -2.44. The Morgan fingerprint density at radius 2 is 2.28 bits per heavy atom. The van der Waals surface area contributed by atoms with Crippen molar-refractivity contribution in [2.75, 3.05) is 11.9 Å². The second-order valence-electron chi connectivity index (χ2n) is 3.45. The summed E-state index contributed by atoms with van der Waals surface area (Å²) >= 11 is 0. The number of carbonyl (C=O) groups is 1. The van der Waals surface area contributed by atoms with Crippen molar-refractivity contribution in [2.45, 2.75) is 13.8 Å². The Bertz CT molecular complexity index is 552. The number of amides is 1. The first-order chi connectivity index (χ1) is 8.70. The van der Waals surface area contributed by atoms with E-state index in [1.165, 1.54) is 6.33 Å². The summed E-state index contributed by atoms with van der Waals surface area (Å²) in [5.41, 5.74) is 0. The number of rotatable bonds is 3. The van der Waals surface area contributed by atoms with Crippen molar-refractivity contribution < 1.29 is 9.53 Å². The third kappa shape index (κ3) is 2.62. The highest BCUT2D eigenvalue weighted by atomic mass is 16.5. The van der Waals surface area contributed by atoms with E-state index >= 15 is 0 Å². The molecule has 0 bridgehead atoms. The fraction of sp³-hybridized carbons (Fsp3) is 0.273. The summed E-state index contributed by atoms with van der Waals surface area (Å²) in [7, 11) is 0. The van der Waals surface area contributed by atoms with Crippen LogP contribution in [0.15, 0.2) is 24.8 Å². The van der Waals surface area contributed by atoms with Gasteiger partial charge in [-0.05, 0) is 13.8 Å². The molecule has 0 spiro atoms. The monoisotopic (exact) mass is 247 g/mol. The van der Waals surface area contributed by atoms with Crippen molar-refractivity contribution in [3.8, 4) is 5.82 Å². The molecular formula is C11H13N5O2. The van der Waals surface area contributed by atoms with Crippen molar-refractivity contribution in [3.05, 3.63) is 30.6 Å². The minimum absolute atomic E-state index is 0.310. The molecule has 94 valence electrons. The second-order valence-corrected chi connectivity index (χ2v) is 3.45. The van der Waals surface area contributed by atoms with Gasteiger partial charge in [0, 0.05) is 18.5 Å². The first kappa shape index (κ1) is 12.0. The smallest absolute Gasteiger partial charge is 0.412 e. The summed E-state index contributed by atoms with van der Waals surface area (Å²) in [5.74, 6) is 1.81. The predicted molar refractivity (Wildman–Crippen MR) is 64.5 cm³/mol. The molecule has 7 heteroatoms. The van der Waals surface area contributed by atoms with Gasteiger partial charge in [-0.3, -0.25) is 9.88 Å². The molecule has 2 aromatic heterocycles. The number of carbonyl (C=O) groups excluding carboxylic acids is 1. The SMILES string of the molecule is CCOC(=O)Nc1cc(-n2ccnc2C)ncn1. The highest BCUT2D eigenvalue weighted by molar-refractivity contribution is 5.83. The van der Waals surface area contributed by atoms with Gasteiger partial charge in [0.15, 0.2) is 0 Å². The number of hydrogen-bond donors (Lipinski definition) is 1. The van der Waals surface area contributed by atoms with Gasteiger partial charge < -0.3 is 4.74 Å². The lowest BCUT2D eigenvalue weighted by molar-refractivity contribution is 0.168. The lowest BCUT2D eigenvalue weighted by Gasteiger charge is -2.07. The molecule has 0 aliphatic carbocycles. The van der Waals surface area contributed by atoms with Crippen molar-refractivity contribution in [1.82, 2.24) is 19.5 Å². The van der Waals surface area contributed by atoms with E-state index in [4.69, 9.17) is 4.74 Å². The van der Waals surface area contributed by atoms with Crippen molar-refractivity contribution in [1.29, 1.82) is 0 Å². The van der Waals surface area contributed by atoms with Gasteiger partial charge in [-0.2, -0.15) is 0 Å². The minimum atomic E-state index is -0.537. The molecule has 0 atom stereocenters. The number of ether oxygens (including phenoxy) is 1. The molecule has 7 nitrogen and oxygen atoms in total. The van der Waals surface area contributed by atoms with Gasteiger partial charge in [-0.15, -0.1) is 0 Å². The van der Waals surface area contributed by atoms with Crippen LogP contribution in [0.4, 0.5) is 10.6 Å². The Balaban J connectivity index is 2.20. The first-order valence-corrected chi connectivity index (χ1v) is 5.47. The van der Waals surface area contributed by atoms with Crippen LogP contribution < -0.4 is 5.32 Å². The van der Waals surface area contributed by atoms with Crippen LogP contribution in [0.25, 0.3) is 5.82 Å². The van der Waals surface area contributed by atoms with Gasteiger partial charge in [0.1, 0.15) is 23.8 Å². The normalized spacial score (nSPS) is 10.1. The quantitative estimate of drug-likeness (QED) is 0.889. The van der Waals surface area contributed by atoms with Gasteiger partial charge in [0.25, 0.3) is 0 Å². The van der Waals surface area contributed by atoms with Gasteiger partial charge in [-0.25, -0.2) is 19.7 Å². The molecule has 2 rings (SSSR count). The Labute approximate surface area is 104 Å². The summed E-state index contributed by atoms with van der Waals surface area (Å²) in [6.07, 6.45) is 4.29. The van der Waals surface area contributed by atoms with Crippen LogP contribution in [0.1, 0.15) is 12.7 Å². The van der Waals surface area contributed by atoms with Gasteiger partial charge in [-0.1, -0.05) is 0 Å². The number of aromatic nitrogens is 4. The number of nitrogens with one attached hydrogen (secondary N) is 1. The number of hydrogen-bond acceptors (Lipinski definition) is 5. The van der Waals surface area contributed by atoms with Gasteiger partial charge >= 0.3 is 6.09 Å². The molecule has 18 heavy (non-hydrogen) atoms. The Morgan fingerprint density at radius 1 is 1.44 bits per heavy atom. The molecular weight excluding hydrogens is 234 g/mol. The molecule has 0 unspecified atom stereocenters. The summed E-state index contributed by atoms with van der Waals surface area (Å²) in [4.78, 5) is 23.4. The fourth-order valence-corrected chi connectivity index (χ4v) is 1.44. The number of anilines is 1. The van der Waals surface area contributed by atoms with E-state index in [9.17, 15) is 4.79 Å². The molecule has 1 N–H and O–H groups in total. The largest absolute Gasteiger partial charge is 0.450 e. The lowest BCUT2D eigenvalue weighted by atomic mass is 10.5. The highest BCUT2D eigenvalue weighted by Crippen LogP contribution is 2.10. The molecule has 0 aliphatic heterocycles. The average molecular weight is 247 g/mol. The van der Waals surface area contributed by atoms with Gasteiger partial charge in [0.05, 0.1) is 6.61 Å². The maximum Gasteiger partial charge on any atom is 0.412 e. The average Bonchev–Trinajstić information content (AvgIpc) is 2.76. The molecule has 0 fully saturated rings. The number of aryl methyl sites for hydroxylation is 1. The maximum atomic E-state index is 11.3. The van der Waals surface area contributed by atoms with Gasteiger partial charge in [0.2, 0.25) is 0 Å². The van der Waals surface area contributed by atoms with E-state index in [1.54, 1.807) is 30.0 Å². The van der Waals surface area contributed by atoms with Crippen LogP contribution >= 0.6 is 0 Å². The van der Waals surface area contributed by atoms with Crippen LogP contribution in [0.3, 0.4) is 0 Å². The number of imidazole rings is 1. The topological polar surface area (TPSA) is 81.9 Å². The molecule has 0 saturated heterocycles. The standard InChI is InChI=1S/C11H13N5O2/c1-3-18-11(17)15-9-6-10(14-7-13-9)16-5-4-12-8(16)2/h4-7H,3H2,1-2H3,(H,13,14,15,17). The molecule has 0 aliphatic rings. The zero-order valence-electron chi connectivity index (χ0n) is 10.1. The van der Waals surface area contributed by atoms with Crippen molar-refractivity contribution >= 4 is 11.9 Å². The van der Waals surface area contributed by atoms with Crippen LogP contribution in [-0.2, 0) is 4.74 Å². The predicted octanol–water partition coefficient (Wildman–Crippen LogP) is 1.54. The summed E-state index contributed by atoms with van der Waals surface area (Å²) in [6.45, 7) is 3.91. The van der Waals surface area contributed by atoms with E-state index in [-0.39, 0.29) is 0 Å². The molecule has 0 saturated carbocycles. The van der Waals surface area contributed by atoms with E-state index in [2.05, 4.69) is 20.3 Å². The van der Waals surface area contributed by atoms with E-state index in [0.717, 1.165) is 5.82 Å². The minimum Gasteiger partial charge on any atom is -0.450 e. The Morgan fingerprint density at radius 3 is 2.94 bits per heavy atom. The third-order valence-electron chi connectivity index (χ3n) is 2.23. The van der Waals surface area contributed by atoms with Crippen LogP contribution in [-0.4, -0.2) is 32.2 Å². The third-order valence-corrected chi connectivity index (χ3v) is 2.23. The molecule has 0 aromatic carbocycles. The van der Waals surface area contributed by atoms with E-state index in [1.807, 2.05) is 6.92 Å². The second kappa shape index (κ2) is 5.26. The summed E-state index contributed by atoms with van der Waals surface area (Å²) < 4.78 is 6.56. The fourth-order valence-electron chi connectivity index (χ4n) is 1.44. The van der Waals surface area contributed by atoms with Crippen molar-refractivity contribution in [3.63, 3.8) is 0 Å². The zero-order valence-corrected chi connectivity index (χ0v) is 10.1. The van der Waals surface area contributed by atoms with Crippen molar-refractivity contribution in [2.24, 2.45) is 0 Å². The van der Waals surface area contributed by atoms with Crippen LogP contribution in [0, 0.1) is 6.92 Å². The highest BCUT2D eigenvalue weighted by Gasteiger charge is 2.06. The van der Waals surface area contributed by atoms with E-state index < -0.39 is 6.09 Å². The zero-order chi connectivity index (χ0) is 13.0. The van der Waals surface area contributed by atoms with Crippen LogP contribution in [0.2, 0.25) is 0 Å². The molecule has 2 aromatic rings.